The standard InChI is InChI=1S/C16H20FN3OS/c1-11-8-14(12-4-3-5-13(17)9-12)20(10-11)16-18-15(19-22-16)6-7-21-2/h3-5,9,11,14H,6-8,10H2,1-2H3. The van der Waals surface area contributed by atoms with Crippen molar-refractivity contribution in [2.45, 2.75) is 25.8 Å². The Morgan fingerprint density at radius 2 is 2.32 bits per heavy atom. The van der Waals surface area contributed by atoms with E-state index in [0.717, 1.165) is 35.9 Å². The van der Waals surface area contributed by atoms with E-state index in [9.17, 15) is 4.39 Å². The Morgan fingerprint density at radius 1 is 1.45 bits per heavy atom. The van der Waals surface area contributed by atoms with Crippen LogP contribution >= 0.6 is 11.5 Å². The summed E-state index contributed by atoms with van der Waals surface area (Å²) in [5.74, 6) is 1.19. The van der Waals surface area contributed by atoms with Gasteiger partial charge in [0.05, 0.1) is 12.6 Å². The molecule has 0 N–H and O–H groups in total. The lowest BCUT2D eigenvalue weighted by atomic mass is 10.0. The topological polar surface area (TPSA) is 38.2 Å². The molecule has 0 saturated carbocycles. The molecule has 1 aliphatic rings. The van der Waals surface area contributed by atoms with Crippen LogP contribution in [0.1, 0.15) is 30.8 Å². The lowest BCUT2D eigenvalue weighted by Gasteiger charge is -2.23. The van der Waals surface area contributed by atoms with E-state index < -0.39 is 0 Å². The molecule has 22 heavy (non-hydrogen) atoms. The second-order valence-corrected chi connectivity index (χ2v) is 6.53. The van der Waals surface area contributed by atoms with Crippen molar-refractivity contribution in [3.05, 3.63) is 41.5 Å². The molecule has 1 aromatic carbocycles. The van der Waals surface area contributed by atoms with Gasteiger partial charge in [0, 0.05) is 31.6 Å². The summed E-state index contributed by atoms with van der Waals surface area (Å²) in [4.78, 5) is 6.88. The van der Waals surface area contributed by atoms with Gasteiger partial charge in [-0.1, -0.05) is 19.1 Å². The molecule has 2 atom stereocenters. The lowest BCUT2D eigenvalue weighted by Crippen LogP contribution is -2.23. The molecule has 1 fully saturated rings. The number of anilines is 1. The lowest BCUT2D eigenvalue weighted by molar-refractivity contribution is 0.201. The molecule has 0 amide bonds. The molecule has 1 aromatic heterocycles. The monoisotopic (exact) mass is 321 g/mol. The van der Waals surface area contributed by atoms with Crippen molar-refractivity contribution >= 4 is 16.7 Å². The first-order valence-electron chi connectivity index (χ1n) is 7.51. The van der Waals surface area contributed by atoms with E-state index in [4.69, 9.17) is 4.74 Å². The van der Waals surface area contributed by atoms with Gasteiger partial charge < -0.3 is 9.64 Å². The van der Waals surface area contributed by atoms with Gasteiger partial charge in [-0.15, -0.1) is 0 Å². The fourth-order valence-corrected chi connectivity index (χ4v) is 3.72. The van der Waals surface area contributed by atoms with E-state index in [1.165, 1.54) is 17.6 Å². The molecule has 1 aliphatic heterocycles. The maximum Gasteiger partial charge on any atom is 0.205 e. The predicted molar refractivity (Wildman–Crippen MR) is 85.8 cm³/mol. The Labute approximate surface area is 134 Å². The van der Waals surface area contributed by atoms with Gasteiger partial charge in [-0.2, -0.15) is 4.37 Å². The number of methoxy groups -OCH3 is 1. The number of nitrogens with zero attached hydrogens (tertiary/aromatic N) is 3. The second-order valence-electron chi connectivity index (χ2n) is 5.80. The second kappa shape index (κ2) is 6.71. The normalized spacial score (nSPS) is 21.5. The van der Waals surface area contributed by atoms with Crippen molar-refractivity contribution in [1.82, 2.24) is 9.36 Å². The van der Waals surface area contributed by atoms with Crippen LogP contribution in [0.3, 0.4) is 0 Å². The number of hydrogen-bond acceptors (Lipinski definition) is 5. The van der Waals surface area contributed by atoms with Crippen molar-refractivity contribution in [2.75, 3.05) is 25.2 Å². The van der Waals surface area contributed by atoms with Gasteiger partial charge in [0.2, 0.25) is 5.13 Å². The van der Waals surface area contributed by atoms with Gasteiger partial charge in [0.25, 0.3) is 0 Å². The third-order valence-electron chi connectivity index (χ3n) is 3.98. The Morgan fingerprint density at radius 3 is 3.09 bits per heavy atom. The predicted octanol–water partition coefficient (Wildman–Crippen LogP) is 3.45. The highest BCUT2D eigenvalue weighted by Gasteiger charge is 2.33. The Bertz CT molecular complexity index is 633. The maximum atomic E-state index is 13.5. The highest BCUT2D eigenvalue weighted by molar-refractivity contribution is 7.09. The quantitative estimate of drug-likeness (QED) is 0.845. The average molecular weight is 321 g/mol. The molecule has 118 valence electrons. The van der Waals surface area contributed by atoms with Gasteiger partial charge in [-0.05, 0) is 30.0 Å². The average Bonchev–Trinajstić information content (AvgIpc) is 3.11. The zero-order valence-corrected chi connectivity index (χ0v) is 13.6. The number of hydrogen-bond donors (Lipinski definition) is 0. The van der Waals surface area contributed by atoms with Crippen LogP contribution in [0, 0.1) is 11.7 Å². The fourth-order valence-electron chi connectivity index (χ4n) is 2.94. The summed E-state index contributed by atoms with van der Waals surface area (Å²) < 4.78 is 23.0. The van der Waals surface area contributed by atoms with Crippen molar-refractivity contribution in [1.29, 1.82) is 0 Å². The van der Waals surface area contributed by atoms with Crippen LogP contribution in [0.5, 0.6) is 0 Å². The van der Waals surface area contributed by atoms with E-state index in [0.29, 0.717) is 12.5 Å². The number of aromatic nitrogens is 2. The van der Waals surface area contributed by atoms with Crippen molar-refractivity contribution in [3.8, 4) is 0 Å². The first-order valence-corrected chi connectivity index (χ1v) is 8.28. The molecule has 3 rings (SSSR count). The number of rotatable bonds is 5. The van der Waals surface area contributed by atoms with E-state index in [2.05, 4.69) is 21.2 Å². The minimum absolute atomic E-state index is 0.175. The van der Waals surface area contributed by atoms with Crippen LogP contribution in [0.2, 0.25) is 0 Å². The van der Waals surface area contributed by atoms with Gasteiger partial charge in [-0.25, -0.2) is 9.37 Å². The molecule has 0 radical (unpaired) electrons. The number of ether oxygens (including phenoxy) is 1. The molecule has 0 aliphatic carbocycles. The summed E-state index contributed by atoms with van der Waals surface area (Å²) >= 11 is 1.42. The summed E-state index contributed by atoms with van der Waals surface area (Å²) in [5.41, 5.74) is 1.01. The summed E-state index contributed by atoms with van der Waals surface area (Å²) in [6, 6.07) is 7.05. The van der Waals surface area contributed by atoms with E-state index >= 15 is 0 Å². The molecule has 6 heteroatoms. The molecule has 0 spiro atoms. The Kier molecular flexibility index (Phi) is 4.69. The summed E-state index contributed by atoms with van der Waals surface area (Å²) in [5, 5.41) is 0.921. The first-order chi connectivity index (χ1) is 10.7. The largest absolute Gasteiger partial charge is 0.384 e. The molecule has 2 aromatic rings. The van der Waals surface area contributed by atoms with Gasteiger partial charge in [0.1, 0.15) is 11.6 Å². The summed E-state index contributed by atoms with van der Waals surface area (Å²) in [7, 11) is 1.68. The van der Waals surface area contributed by atoms with Gasteiger partial charge in [-0.3, -0.25) is 0 Å². The third-order valence-corrected chi connectivity index (χ3v) is 4.77. The maximum absolute atomic E-state index is 13.5. The molecular formula is C16H20FN3OS. The van der Waals surface area contributed by atoms with Gasteiger partial charge in [0.15, 0.2) is 0 Å². The molecule has 2 heterocycles. The number of benzene rings is 1. The highest BCUT2D eigenvalue weighted by Crippen LogP contribution is 2.39. The smallest absolute Gasteiger partial charge is 0.205 e. The molecule has 2 unspecified atom stereocenters. The van der Waals surface area contributed by atoms with Crippen LogP contribution in [-0.2, 0) is 11.2 Å². The van der Waals surface area contributed by atoms with E-state index in [1.54, 1.807) is 19.2 Å². The van der Waals surface area contributed by atoms with E-state index in [1.807, 2.05) is 6.07 Å². The molecule has 1 saturated heterocycles. The first kappa shape index (κ1) is 15.4. The number of halogens is 1. The van der Waals surface area contributed by atoms with Gasteiger partial charge >= 0.3 is 0 Å². The van der Waals surface area contributed by atoms with Crippen molar-refractivity contribution in [3.63, 3.8) is 0 Å². The minimum atomic E-state index is -0.185. The van der Waals surface area contributed by atoms with Crippen molar-refractivity contribution < 1.29 is 9.13 Å². The third kappa shape index (κ3) is 3.28. The Balaban J connectivity index is 1.83. The zero-order valence-electron chi connectivity index (χ0n) is 12.8. The summed E-state index contributed by atoms with van der Waals surface area (Å²) in [6.45, 7) is 3.78. The van der Waals surface area contributed by atoms with Crippen molar-refractivity contribution in [2.24, 2.45) is 5.92 Å². The molecule has 4 nitrogen and oxygen atoms in total. The Hall–Kier alpha value is -1.53. The van der Waals surface area contributed by atoms with Crippen LogP contribution in [0.4, 0.5) is 9.52 Å². The van der Waals surface area contributed by atoms with Crippen LogP contribution in [0.15, 0.2) is 24.3 Å². The fraction of sp³-hybridized carbons (Fsp3) is 0.500. The van der Waals surface area contributed by atoms with Crippen LogP contribution in [0.25, 0.3) is 0 Å². The SMILES string of the molecule is COCCc1nsc(N2CC(C)CC2c2cccc(F)c2)n1. The molecule has 0 bridgehead atoms. The van der Waals surface area contributed by atoms with E-state index in [-0.39, 0.29) is 11.9 Å². The summed E-state index contributed by atoms with van der Waals surface area (Å²) in [6.07, 6.45) is 1.73. The van der Waals surface area contributed by atoms with Crippen LogP contribution in [-0.4, -0.2) is 29.6 Å². The zero-order chi connectivity index (χ0) is 15.5. The highest BCUT2D eigenvalue weighted by atomic mass is 32.1. The van der Waals surface area contributed by atoms with Crippen LogP contribution < -0.4 is 4.90 Å². The molecular weight excluding hydrogens is 301 g/mol. The minimum Gasteiger partial charge on any atom is -0.384 e.